The summed E-state index contributed by atoms with van der Waals surface area (Å²) in [7, 11) is 0. The van der Waals surface area contributed by atoms with E-state index in [9.17, 15) is 0 Å². The topological polar surface area (TPSA) is 9.23 Å². The normalized spacial score (nSPS) is 16.6. The van der Waals surface area contributed by atoms with Crippen LogP contribution >= 0.6 is 15.9 Å². The Labute approximate surface area is 96.9 Å². The van der Waals surface area contributed by atoms with Gasteiger partial charge in [0.1, 0.15) is 23.5 Å². The minimum atomic E-state index is 0.918. The molecule has 1 aliphatic heterocycles. The summed E-state index contributed by atoms with van der Waals surface area (Å²) in [5.74, 6) is 1.88. The summed E-state index contributed by atoms with van der Waals surface area (Å²) < 4.78 is 6.85. The second kappa shape index (κ2) is 3.34. The quantitative estimate of drug-likeness (QED) is 0.648. The summed E-state index contributed by atoms with van der Waals surface area (Å²) in [6.45, 7) is 0. The standard InChI is InChI=1S/C13H8BrO/c14-11-6-3-5-10-8-9-4-1-2-7-12(9)15-13(10)11/h2-7H,8H2/q+1. The van der Waals surface area contributed by atoms with Crippen LogP contribution in [0.25, 0.3) is 0 Å². The first-order chi connectivity index (χ1) is 7.34. The lowest BCUT2D eigenvalue weighted by Gasteiger charge is -2.17. The molecule has 1 aromatic rings. The van der Waals surface area contributed by atoms with Gasteiger partial charge in [0.2, 0.25) is 5.76 Å². The van der Waals surface area contributed by atoms with Crippen LogP contribution in [0, 0.1) is 6.08 Å². The molecule has 1 aliphatic carbocycles. The highest BCUT2D eigenvalue weighted by Gasteiger charge is 2.25. The van der Waals surface area contributed by atoms with Crippen LogP contribution in [0.1, 0.15) is 5.56 Å². The third-order valence-electron chi connectivity index (χ3n) is 2.55. The number of para-hydroxylation sites is 1. The van der Waals surface area contributed by atoms with Crippen LogP contribution in [0.5, 0.6) is 5.75 Å². The molecule has 1 nitrogen and oxygen atoms in total. The molecule has 2 aliphatic rings. The third kappa shape index (κ3) is 1.43. The molecule has 0 atom stereocenters. The zero-order chi connectivity index (χ0) is 10.3. The number of hydrogen-bond donors (Lipinski definition) is 0. The van der Waals surface area contributed by atoms with E-state index in [0.29, 0.717) is 0 Å². The second-order valence-corrected chi connectivity index (χ2v) is 4.40. The van der Waals surface area contributed by atoms with Gasteiger partial charge in [0, 0.05) is 11.6 Å². The number of hydrogen-bond acceptors (Lipinski definition) is 1. The van der Waals surface area contributed by atoms with E-state index in [0.717, 1.165) is 22.4 Å². The maximum Gasteiger partial charge on any atom is 0.242 e. The van der Waals surface area contributed by atoms with Crippen molar-refractivity contribution in [3.63, 3.8) is 0 Å². The van der Waals surface area contributed by atoms with Crippen molar-refractivity contribution in [2.45, 2.75) is 6.42 Å². The Kier molecular flexibility index (Phi) is 1.98. The summed E-state index contributed by atoms with van der Waals surface area (Å²) in [5.41, 5.74) is 2.42. The van der Waals surface area contributed by atoms with Crippen molar-refractivity contribution in [1.82, 2.24) is 0 Å². The van der Waals surface area contributed by atoms with E-state index in [1.807, 2.05) is 30.4 Å². The van der Waals surface area contributed by atoms with E-state index in [4.69, 9.17) is 4.74 Å². The molecule has 0 unspecified atom stereocenters. The fraction of sp³-hybridized carbons (Fsp3) is 0.0769. The second-order valence-electron chi connectivity index (χ2n) is 3.54. The molecule has 0 amide bonds. The third-order valence-corrected chi connectivity index (χ3v) is 3.17. The number of ether oxygens (including phenoxy) is 1. The lowest BCUT2D eigenvalue weighted by molar-refractivity contribution is 0.419. The molecule has 0 bridgehead atoms. The monoisotopic (exact) mass is 259 g/mol. The van der Waals surface area contributed by atoms with Crippen molar-refractivity contribution in [2.75, 3.05) is 0 Å². The van der Waals surface area contributed by atoms with E-state index in [1.54, 1.807) is 0 Å². The molecule has 0 saturated heterocycles. The van der Waals surface area contributed by atoms with Gasteiger partial charge in [-0.3, -0.25) is 0 Å². The highest BCUT2D eigenvalue weighted by Crippen LogP contribution is 2.37. The van der Waals surface area contributed by atoms with E-state index in [1.165, 1.54) is 11.1 Å². The summed E-state index contributed by atoms with van der Waals surface area (Å²) in [5, 5.41) is 0. The molecule has 15 heavy (non-hydrogen) atoms. The molecular weight excluding hydrogens is 252 g/mol. The summed E-state index contributed by atoms with van der Waals surface area (Å²) in [4.78, 5) is 0. The zero-order valence-electron chi connectivity index (χ0n) is 7.96. The van der Waals surface area contributed by atoms with Gasteiger partial charge in [-0.2, -0.15) is 0 Å². The number of rotatable bonds is 0. The zero-order valence-corrected chi connectivity index (χ0v) is 9.54. The van der Waals surface area contributed by atoms with Crippen LogP contribution in [-0.4, -0.2) is 0 Å². The Hall–Kier alpha value is -1.37. The Morgan fingerprint density at radius 1 is 1.33 bits per heavy atom. The molecule has 72 valence electrons. The van der Waals surface area contributed by atoms with Crippen molar-refractivity contribution < 1.29 is 4.74 Å². The maximum absolute atomic E-state index is 5.84. The molecule has 0 fully saturated rings. The number of allylic oxidation sites excluding steroid dienone is 5. The SMILES string of the molecule is Brc1cccc2c1OC1=C(C=[C+]C=C1)C2. The maximum atomic E-state index is 5.84. The van der Waals surface area contributed by atoms with Crippen molar-refractivity contribution in [3.05, 3.63) is 63.9 Å². The predicted molar refractivity (Wildman–Crippen MR) is 62.5 cm³/mol. The minimum Gasteiger partial charge on any atom is -0.431 e. The fourth-order valence-electron chi connectivity index (χ4n) is 1.81. The molecule has 0 aromatic heterocycles. The fourth-order valence-corrected chi connectivity index (χ4v) is 2.30. The van der Waals surface area contributed by atoms with Crippen LogP contribution in [0.2, 0.25) is 0 Å². The van der Waals surface area contributed by atoms with Gasteiger partial charge >= 0.3 is 0 Å². The van der Waals surface area contributed by atoms with Crippen molar-refractivity contribution in [1.29, 1.82) is 0 Å². The minimum absolute atomic E-state index is 0.918. The van der Waals surface area contributed by atoms with Gasteiger partial charge in [-0.05, 0) is 22.0 Å². The molecule has 1 aromatic carbocycles. The predicted octanol–water partition coefficient (Wildman–Crippen LogP) is 3.57. The van der Waals surface area contributed by atoms with Gasteiger partial charge in [-0.1, -0.05) is 12.1 Å². The molecule has 0 radical (unpaired) electrons. The van der Waals surface area contributed by atoms with Crippen LogP contribution in [-0.2, 0) is 6.42 Å². The highest BCUT2D eigenvalue weighted by atomic mass is 79.9. The molecule has 0 spiro atoms. The van der Waals surface area contributed by atoms with Crippen LogP contribution in [0.3, 0.4) is 0 Å². The van der Waals surface area contributed by atoms with E-state index in [-0.39, 0.29) is 0 Å². The average Bonchev–Trinajstić information content (AvgIpc) is 2.27. The first-order valence-electron chi connectivity index (χ1n) is 4.79. The molecule has 0 N–H and O–H groups in total. The largest absolute Gasteiger partial charge is 0.431 e. The van der Waals surface area contributed by atoms with Crippen molar-refractivity contribution >= 4 is 15.9 Å². The lowest BCUT2D eigenvalue weighted by atomic mass is 9.98. The van der Waals surface area contributed by atoms with Crippen molar-refractivity contribution in [3.8, 4) is 5.75 Å². The number of halogens is 1. The lowest BCUT2D eigenvalue weighted by Crippen LogP contribution is -2.09. The first-order valence-corrected chi connectivity index (χ1v) is 5.58. The molecule has 0 saturated carbocycles. The molecular formula is C13H8BrO+. The van der Waals surface area contributed by atoms with Gasteiger partial charge in [-0.15, -0.1) is 0 Å². The Bertz CT molecular complexity index is 509. The molecule has 2 heteroatoms. The number of benzene rings is 1. The molecule has 1 heterocycles. The summed E-state index contributed by atoms with van der Waals surface area (Å²) in [6, 6.07) is 6.12. The van der Waals surface area contributed by atoms with Crippen molar-refractivity contribution in [2.24, 2.45) is 0 Å². The molecule has 3 rings (SSSR count). The van der Waals surface area contributed by atoms with Crippen LogP contribution in [0.15, 0.2) is 52.2 Å². The van der Waals surface area contributed by atoms with E-state index >= 15 is 0 Å². The van der Waals surface area contributed by atoms with E-state index in [2.05, 4.69) is 28.1 Å². The number of fused-ring (bicyclic) bond motifs is 1. The average molecular weight is 260 g/mol. The Morgan fingerprint density at radius 3 is 3.20 bits per heavy atom. The first kappa shape index (κ1) is 8.90. The van der Waals surface area contributed by atoms with Gasteiger partial charge in [0.25, 0.3) is 0 Å². The van der Waals surface area contributed by atoms with Crippen LogP contribution in [0.4, 0.5) is 0 Å². The van der Waals surface area contributed by atoms with Gasteiger partial charge < -0.3 is 4.74 Å². The summed E-state index contributed by atoms with van der Waals surface area (Å²) in [6.07, 6.45) is 9.81. The van der Waals surface area contributed by atoms with Gasteiger partial charge in [0.05, 0.1) is 17.0 Å². The van der Waals surface area contributed by atoms with Crippen LogP contribution < -0.4 is 4.74 Å². The van der Waals surface area contributed by atoms with Gasteiger partial charge in [-0.25, -0.2) is 0 Å². The Morgan fingerprint density at radius 2 is 2.27 bits per heavy atom. The smallest absolute Gasteiger partial charge is 0.242 e. The Balaban J connectivity index is 2.11. The highest BCUT2D eigenvalue weighted by molar-refractivity contribution is 9.10. The summed E-state index contributed by atoms with van der Waals surface area (Å²) >= 11 is 3.50. The van der Waals surface area contributed by atoms with Gasteiger partial charge in [0.15, 0.2) is 0 Å². The van der Waals surface area contributed by atoms with E-state index < -0.39 is 0 Å².